The van der Waals surface area contributed by atoms with Crippen molar-refractivity contribution in [3.63, 3.8) is 0 Å². The molecule has 1 aliphatic rings. The zero-order valence-electron chi connectivity index (χ0n) is 11.9. The lowest BCUT2D eigenvalue weighted by Gasteiger charge is -2.30. The Labute approximate surface area is 119 Å². The largest absolute Gasteiger partial charge is 0.343 e. The molecule has 106 valence electrons. The molecule has 1 aromatic rings. The van der Waals surface area contributed by atoms with Crippen molar-refractivity contribution >= 4 is 17.2 Å². The van der Waals surface area contributed by atoms with Crippen LogP contribution in [0.15, 0.2) is 6.07 Å². The van der Waals surface area contributed by atoms with Crippen LogP contribution in [0.25, 0.3) is 0 Å². The molecule has 0 aromatic carbocycles. The molecule has 0 atom stereocenters. The van der Waals surface area contributed by atoms with Crippen LogP contribution in [0.1, 0.15) is 41.0 Å². The van der Waals surface area contributed by atoms with Crippen molar-refractivity contribution in [2.24, 2.45) is 5.73 Å². The van der Waals surface area contributed by atoms with Crippen LogP contribution in [0.4, 0.5) is 0 Å². The lowest BCUT2D eigenvalue weighted by Crippen LogP contribution is -2.42. The highest BCUT2D eigenvalue weighted by molar-refractivity contribution is 7.12. The molecular formula is C15H24N2OS. The van der Waals surface area contributed by atoms with E-state index in [9.17, 15) is 4.79 Å². The number of thiophene rings is 1. The molecule has 2 N–H and O–H groups in total. The number of rotatable bonds is 4. The first-order valence-electron chi connectivity index (χ1n) is 7.15. The number of carbonyl (C=O) groups is 1. The van der Waals surface area contributed by atoms with Gasteiger partial charge in [0, 0.05) is 35.3 Å². The van der Waals surface area contributed by atoms with E-state index in [1.807, 2.05) is 16.2 Å². The minimum atomic E-state index is 0.292. The molecule has 4 heteroatoms. The van der Waals surface area contributed by atoms with Gasteiger partial charge in [-0.3, -0.25) is 4.79 Å². The Kier molecular flexibility index (Phi) is 4.99. The summed E-state index contributed by atoms with van der Waals surface area (Å²) in [5.74, 6) is 0.302. The van der Waals surface area contributed by atoms with Gasteiger partial charge in [0.15, 0.2) is 0 Å². The quantitative estimate of drug-likeness (QED) is 0.921. The van der Waals surface area contributed by atoms with E-state index in [2.05, 4.69) is 19.9 Å². The molecular weight excluding hydrogens is 256 g/mol. The molecule has 1 amide bonds. The normalized spacial score (nSPS) is 16.9. The molecule has 0 bridgehead atoms. The third kappa shape index (κ3) is 4.05. The van der Waals surface area contributed by atoms with Gasteiger partial charge in [-0.1, -0.05) is 0 Å². The molecule has 1 saturated heterocycles. The lowest BCUT2D eigenvalue weighted by atomic mass is 10.0. The number of nitrogens with zero attached hydrogens (tertiary/aromatic N) is 1. The maximum Gasteiger partial charge on any atom is 0.222 e. The van der Waals surface area contributed by atoms with Gasteiger partial charge in [0.1, 0.15) is 0 Å². The third-order valence-corrected chi connectivity index (χ3v) is 4.88. The van der Waals surface area contributed by atoms with Gasteiger partial charge in [0.05, 0.1) is 0 Å². The zero-order valence-corrected chi connectivity index (χ0v) is 12.8. The SMILES string of the molecule is Cc1cc(CCCC(=O)N2CCC(N)CC2)c(C)s1. The van der Waals surface area contributed by atoms with E-state index in [1.165, 1.54) is 15.3 Å². The molecule has 0 aliphatic carbocycles. The summed E-state index contributed by atoms with van der Waals surface area (Å²) in [6.45, 7) is 6.00. The summed E-state index contributed by atoms with van der Waals surface area (Å²) in [6.07, 6.45) is 4.56. The Morgan fingerprint density at radius 2 is 2.11 bits per heavy atom. The Balaban J connectivity index is 1.73. The predicted molar refractivity (Wildman–Crippen MR) is 80.5 cm³/mol. The number of hydrogen-bond acceptors (Lipinski definition) is 3. The summed E-state index contributed by atoms with van der Waals surface area (Å²) in [5, 5.41) is 0. The number of aryl methyl sites for hydroxylation is 3. The number of carbonyl (C=O) groups excluding carboxylic acids is 1. The topological polar surface area (TPSA) is 46.3 Å². The maximum absolute atomic E-state index is 12.1. The minimum absolute atomic E-state index is 0.292. The van der Waals surface area contributed by atoms with Crippen molar-refractivity contribution in [1.82, 2.24) is 4.90 Å². The summed E-state index contributed by atoms with van der Waals surface area (Å²) >= 11 is 1.85. The number of piperidine rings is 1. The summed E-state index contributed by atoms with van der Waals surface area (Å²) < 4.78 is 0. The predicted octanol–water partition coefficient (Wildman–Crippen LogP) is 2.64. The van der Waals surface area contributed by atoms with E-state index in [0.29, 0.717) is 18.4 Å². The molecule has 2 rings (SSSR count). The third-order valence-electron chi connectivity index (χ3n) is 3.87. The van der Waals surface area contributed by atoms with Gasteiger partial charge < -0.3 is 10.6 Å². The average molecular weight is 280 g/mol. The van der Waals surface area contributed by atoms with Crippen molar-refractivity contribution < 1.29 is 4.79 Å². The van der Waals surface area contributed by atoms with E-state index in [1.54, 1.807) is 0 Å². The van der Waals surface area contributed by atoms with Gasteiger partial charge in [0.2, 0.25) is 5.91 Å². The molecule has 0 saturated carbocycles. The number of nitrogens with two attached hydrogens (primary N) is 1. The van der Waals surface area contributed by atoms with E-state index in [0.717, 1.165) is 38.8 Å². The molecule has 0 radical (unpaired) electrons. The van der Waals surface area contributed by atoms with Crippen LogP contribution >= 0.6 is 11.3 Å². The highest BCUT2D eigenvalue weighted by atomic mass is 32.1. The molecule has 3 nitrogen and oxygen atoms in total. The fraction of sp³-hybridized carbons (Fsp3) is 0.667. The zero-order chi connectivity index (χ0) is 13.8. The Bertz CT molecular complexity index is 433. The number of amides is 1. The number of hydrogen-bond donors (Lipinski definition) is 1. The van der Waals surface area contributed by atoms with Crippen molar-refractivity contribution in [3.05, 3.63) is 21.4 Å². The fourth-order valence-electron chi connectivity index (χ4n) is 2.67. The monoisotopic (exact) mass is 280 g/mol. The smallest absolute Gasteiger partial charge is 0.222 e. The van der Waals surface area contributed by atoms with Gasteiger partial charge in [-0.05, 0) is 51.2 Å². The fourth-order valence-corrected chi connectivity index (χ4v) is 3.64. The lowest BCUT2D eigenvalue weighted by molar-refractivity contribution is -0.132. The van der Waals surface area contributed by atoms with Gasteiger partial charge in [-0.25, -0.2) is 0 Å². The van der Waals surface area contributed by atoms with Crippen LogP contribution < -0.4 is 5.73 Å². The second kappa shape index (κ2) is 6.53. The van der Waals surface area contributed by atoms with Crippen LogP contribution in [0, 0.1) is 13.8 Å². The van der Waals surface area contributed by atoms with Crippen LogP contribution in [0.3, 0.4) is 0 Å². The maximum atomic E-state index is 12.1. The minimum Gasteiger partial charge on any atom is -0.343 e. The van der Waals surface area contributed by atoms with Crippen LogP contribution in [0.5, 0.6) is 0 Å². The van der Waals surface area contributed by atoms with E-state index >= 15 is 0 Å². The van der Waals surface area contributed by atoms with Crippen molar-refractivity contribution in [2.45, 2.75) is 52.0 Å². The van der Waals surface area contributed by atoms with Crippen LogP contribution in [0.2, 0.25) is 0 Å². The van der Waals surface area contributed by atoms with Gasteiger partial charge >= 0.3 is 0 Å². The Morgan fingerprint density at radius 1 is 1.42 bits per heavy atom. The highest BCUT2D eigenvalue weighted by Crippen LogP contribution is 2.22. The second-order valence-electron chi connectivity index (χ2n) is 5.51. The molecule has 1 aromatic heterocycles. The van der Waals surface area contributed by atoms with E-state index < -0.39 is 0 Å². The van der Waals surface area contributed by atoms with Crippen molar-refractivity contribution in [3.8, 4) is 0 Å². The van der Waals surface area contributed by atoms with Crippen LogP contribution in [-0.4, -0.2) is 29.9 Å². The highest BCUT2D eigenvalue weighted by Gasteiger charge is 2.19. The van der Waals surface area contributed by atoms with Crippen LogP contribution in [-0.2, 0) is 11.2 Å². The van der Waals surface area contributed by atoms with Crippen molar-refractivity contribution in [2.75, 3.05) is 13.1 Å². The number of likely N-dealkylation sites (tertiary alicyclic amines) is 1. The molecule has 19 heavy (non-hydrogen) atoms. The molecule has 0 unspecified atom stereocenters. The standard InChI is InChI=1S/C15H24N2OS/c1-11-10-13(12(2)19-11)4-3-5-15(18)17-8-6-14(16)7-9-17/h10,14H,3-9,16H2,1-2H3. The first-order chi connectivity index (χ1) is 9.06. The van der Waals surface area contributed by atoms with Crippen molar-refractivity contribution in [1.29, 1.82) is 0 Å². The Morgan fingerprint density at radius 3 is 2.68 bits per heavy atom. The summed E-state index contributed by atoms with van der Waals surface area (Å²) in [6, 6.07) is 2.55. The summed E-state index contributed by atoms with van der Waals surface area (Å²) in [5.41, 5.74) is 7.27. The summed E-state index contributed by atoms with van der Waals surface area (Å²) in [7, 11) is 0. The van der Waals surface area contributed by atoms with E-state index in [-0.39, 0.29) is 0 Å². The van der Waals surface area contributed by atoms with E-state index in [4.69, 9.17) is 5.73 Å². The summed E-state index contributed by atoms with van der Waals surface area (Å²) in [4.78, 5) is 16.8. The average Bonchev–Trinajstić information content (AvgIpc) is 2.68. The van der Waals surface area contributed by atoms with Gasteiger partial charge in [-0.2, -0.15) is 0 Å². The van der Waals surface area contributed by atoms with Gasteiger partial charge in [-0.15, -0.1) is 11.3 Å². The first kappa shape index (κ1) is 14.5. The molecule has 0 spiro atoms. The molecule has 2 heterocycles. The Hall–Kier alpha value is -0.870. The molecule has 1 aliphatic heterocycles. The van der Waals surface area contributed by atoms with Gasteiger partial charge in [0.25, 0.3) is 0 Å². The molecule has 1 fully saturated rings. The second-order valence-corrected chi connectivity index (χ2v) is 6.97. The first-order valence-corrected chi connectivity index (χ1v) is 7.97.